The van der Waals surface area contributed by atoms with E-state index in [1.165, 1.54) is 0 Å². The van der Waals surface area contributed by atoms with Gasteiger partial charge in [0.2, 0.25) is 0 Å². The van der Waals surface area contributed by atoms with E-state index >= 15 is 0 Å². The first-order valence-corrected chi connectivity index (χ1v) is 5.37. The Bertz CT molecular complexity index is 353. The van der Waals surface area contributed by atoms with Crippen LogP contribution in [0.4, 0.5) is 0 Å². The van der Waals surface area contributed by atoms with Gasteiger partial charge in [-0.05, 0) is 5.56 Å². The van der Waals surface area contributed by atoms with E-state index in [4.69, 9.17) is 9.84 Å². The maximum atomic E-state index is 10.7. The fraction of sp³-hybridized carbons (Fsp3) is 0.417. The van der Waals surface area contributed by atoms with Crippen LogP contribution in [0.1, 0.15) is 12.0 Å². The van der Waals surface area contributed by atoms with Crippen molar-refractivity contribution >= 4 is 5.97 Å². The molecule has 2 rings (SSSR count). The quantitative estimate of drug-likeness (QED) is 0.797. The normalized spacial score (nSPS) is 24.5. The molecular weight excluding hydrogens is 206 g/mol. The van der Waals surface area contributed by atoms with Crippen LogP contribution >= 0.6 is 0 Å². The maximum Gasteiger partial charge on any atom is 0.320 e. The second kappa shape index (κ2) is 5.09. The number of nitrogens with one attached hydrogen (secondary N) is 1. The second-order valence-corrected chi connectivity index (χ2v) is 3.95. The van der Waals surface area contributed by atoms with Gasteiger partial charge in [0.15, 0.2) is 0 Å². The third-order valence-electron chi connectivity index (χ3n) is 2.72. The summed E-state index contributed by atoms with van der Waals surface area (Å²) in [4.78, 5) is 10.7. The average molecular weight is 221 g/mol. The van der Waals surface area contributed by atoms with E-state index in [2.05, 4.69) is 5.32 Å². The van der Waals surface area contributed by atoms with Crippen molar-refractivity contribution < 1.29 is 14.6 Å². The van der Waals surface area contributed by atoms with E-state index in [1.807, 2.05) is 30.3 Å². The van der Waals surface area contributed by atoms with Crippen LogP contribution < -0.4 is 5.32 Å². The number of ether oxygens (including phenoxy) is 1. The van der Waals surface area contributed by atoms with Crippen LogP contribution in [0.2, 0.25) is 0 Å². The Kier molecular flexibility index (Phi) is 3.54. The highest BCUT2D eigenvalue weighted by Gasteiger charge is 2.29. The zero-order valence-electron chi connectivity index (χ0n) is 8.93. The summed E-state index contributed by atoms with van der Waals surface area (Å²) < 4.78 is 5.64. The molecule has 1 aromatic carbocycles. The summed E-state index contributed by atoms with van der Waals surface area (Å²) in [5.74, 6) is -0.800. The van der Waals surface area contributed by atoms with Crippen LogP contribution in [0.3, 0.4) is 0 Å². The first-order chi connectivity index (χ1) is 7.75. The van der Waals surface area contributed by atoms with Crippen molar-refractivity contribution in [2.45, 2.75) is 25.2 Å². The maximum absolute atomic E-state index is 10.7. The lowest BCUT2D eigenvalue weighted by Crippen LogP contribution is -2.29. The second-order valence-electron chi connectivity index (χ2n) is 3.95. The number of rotatable bonds is 4. The molecule has 0 radical (unpaired) electrons. The molecule has 2 N–H and O–H groups in total. The Labute approximate surface area is 94.2 Å². The molecule has 86 valence electrons. The number of carbonyl (C=O) groups is 1. The summed E-state index contributed by atoms with van der Waals surface area (Å²) in [6.45, 7) is 1.16. The molecule has 1 fully saturated rings. The molecule has 0 aromatic heterocycles. The molecule has 1 saturated heterocycles. The minimum absolute atomic E-state index is 0.00121. The van der Waals surface area contributed by atoms with Crippen molar-refractivity contribution in [2.75, 3.05) is 6.54 Å². The predicted molar refractivity (Wildman–Crippen MR) is 59.1 cm³/mol. The molecule has 1 aliphatic heterocycles. The minimum Gasteiger partial charge on any atom is -0.480 e. The van der Waals surface area contributed by atoms with Gasteiger partial charge in [0.25, 0.3) is 0 Å². The van der Waals surface area contributed by atoms with E-state index in [9.17, 15) is 4.79 Å². The molecule has 0 bridgehead atoms. The lowest BCUT2D eigenvalue weighted by atomic mass is 10.2. The summed E-state index contributed by atoms with van der Waals surface area (Å²) in [5, 5.41) is 11.7. The Morgan fingerprint density at radius 2 is 2.19 bits per heavy atom. The van der Waals surface area contributed by atoms with Crippen LogP contribution in [0.15, 0.2) is 30.3 Å². The van der Waals surface area contributed by atoms with Gasteiger partial charge in [0, 0.05) is 13.0 Å². The summed E-state index contributed by atoms with van der Waals surface area (Å²) >= 11 is 0. The number of carboxylic acids is 1. The molecule has 1 aromatic rings. The van der Waals surface area contributed by atoms with Gasteiger partial charge < -0.3 is 15.2 Å². The van der Waals surface area contributed by atoms with Gasteiger partial charge in [0.1, 0.15) is 6.04 Å². The highest BCUT2D eigenvalue weighted by molar-refractivity contribution is 5.73. The lowest BCUT2D eigenvalue weighted by Gasteiger charge is -2.10. The monoisotopic (exact) mass is 221 g/mol. The largest absolute Gasteiger partial charge is 0.480 e. The third kappa shape index (κ3) is 2.81. The third-order valence-corrected chi connectivity index (χ3v) is 2.72. The van der Waals surface area contributed by atoms with Crippen molar-refractivity contribution in [1.29, 1.82) is 0 Å². The first-order valence-electron chi connectivity index (χ1n) is 5.37. The van der Waals surface area contributed by atoms with Crippen LogP contribution in [-0.4, -0.2) is 29.8 Å². The van der Waals surface area contributed by atoms with E-state index in [0.717, 1.165) is 5.56 Å². The van der Waals surface area contributed by atoms with E-state index < -0.39 is 12.0 Å². The number of carboxylic acid groups (broad SMARTS) is 1. The Hall–Kier alpha value is -1.39. The molecule has 1 unspecified atom stereocenters. The topological polar surface area (TPSA) is 58.6 Å². The highest BCUT2D eigenvalue weighted by Crippen LogP contribution is 2.12. The van der Waals surface area contributed by atoms with Gasteiger partial charge >= 0.3 is 5.97 Å². The van der Waals surface area contributed by atoms with Gasteiger partial charge in [-0.15, -0.1) is 0 Å². The van der Waals surface area contributed by atoms with Crippen LogP contribution in [0, 0.1) is 0 Å². The van der Waals surface area contributed by atoms with Gasteiger partial charge in [-0.1, -0.05) is 30.3 Å². The first kappa shape index (κ1) is 11.1. The minimum atomic E-state index is -0.800. The molecule has 16 heavy (non-hydrogen) atoms. The molecular formula is C12H15NO3. The molecule has 0 spiro atoms. The molecule has 4 heteroatoms. The van der Waals surface area contributed by atoms with Crippen LogP contribution in [0.25, 0.3) is 0 Å². The Morgan fingerprint density at radius 3 is 2.81 bits per heavy atom. The number of hydrogen-bond acceptors (Lipinski definition) is 3. The summed E-state index contributed by atoms with van der Waals surface area (Å²) in [5.41, 5.74) is 1.11. The lowest BCUT2D eigenvalue weighted by molar-refractivity contribution is -0.139. The van der Waals surface area contributed by atoms with Crippen molar-refractivity contribution in [3.05, 3.63) is 35.9 Å². The standard InChI is InChI=1S/C12H15NO3/c14-12(15)11-6-10(7-13-11)16-8-9-4-2-1-3-5-9/h1-5,10-11,13H,6-8H2,(H,14,15)/t10?,11-/m1/s1. The number of benzene rings is 1. The summed E-state index contributed by atoms with van der Waals surface area (Å²) in [6.07, 6.45) is 0.545. The molecule has 0 saturated carbocycles. The summed E-state index contributed by atoms with van der Waals surface area (Å²) in [6, 6.07) is 9.42. The van der Waals surface area contributed by atoms with Crippen molar-refractivity contribution in [3.63, 3.8) is 0 Å². The van der Waals surface area contributed by atoms with Crippen molar-refractivity contribution in [1.82, 2.24) is 5.32 Å². The molecule has 0 aliphatic carbocycles. The fourth-order valence-electron chi connectivity index (χ4n) is 1.81. The molecule has 1 heterocycles. The van der Waals surface area contributed by atoms with Crippen molar-refractivity contribution in [2.24, 2.45) is 0 Å². The van der Waals surface area contributed by atoms with Crippen LogP contribution in [0.5, 0.6) is 0 Å². The molecule has 0 amide bonds. The molecule has 1 aliphatic rings. The SMILES string of the molecule is O=C(O)[C@H]1CC(OCc2ccccc2)CN1. The summed E-state index contributed by atoms with van der Waals surface area (Å²) in [7, 11) is 0. The van der Waals surface area contributed by atoms with E-state index in [0.29, 0.717) is 19.6 Å². The van der Waals surface area contributed by atoms with E-state index in [-0.39, 0.29) is 6.10 Å². The average Bonchev–Trinajstić information content (AvgIpc) is 2.76. The highest BCUT2D eigenvalue weighted by atomic mass is 16.5. The fourth-order valence-corrected chi connectivity index (χ4v) is 1.81. The zero-order chi connectivity index (χ0) is 11.4. The van der Waals surface area contributed by atoms with E-state index in [1.54, 1.807) is 0 Å². The Balaban J connectivity index is 1.78. The zero-order valence-corrected chi connectivity index (χ0v) is 8.93. The number of hydrogen-bond donors (Lipinski definition) is 2. The van der Waals surface area contributed by atoms with Gasteiger partial charge in [-0.2, -0.15) is 0 Å². The predicted octanol–water partition coefficient (Wildman–Crippen LogP) is 1.02. The van der Waals surface area contributed by atoms with Gasteiger partial charge in [-0.25, -0.2) is 0 Å². The molecule has 4 nitrogen and oxygen atoms in total. The molecule has 2 atom stereocenters. The van der Waals surface area contributed by atoms with Crippen molar-refractivity contribution in [3.8, 4) is 0 Å². The Morgan fingerprint density at radius 1 is 1.44 bits per heavy atom. The smallest absolute Gasteiger partial charge is 0.320 e. The van der Waals surface area contributed by atoms with Crippen LogP contribution in [-0.2, 0) is 16.1 Å². The van der Waals surface area contributed by atoms with Gasteiger partial charge in [-0.3, -0.25) is 4.79 Å². The van der Waals surface area contributed by atoms with Gasteiger partial charge in [0.05, 0.1) is 12.7 Å². The number of aliphatic carboxylic acids is 1.